The molecule has 0 aromatic rings. The molecule has 4 nitrogen and oxygen atoms in total. The van der Waals surface area contributed by atoms with Crippen molar-refractivity contribution in [3.63, 3.8) is 0 Å². The summed E-state index contributed by atoms with van der Waals surface area (Å²) in [5.74, 6) is 0.105. The molecule has 0 spiro atoms. The summed E-state index contributed by atoms with van der Waals surface area (Å²) < 4.78 is 6.01. The minimum Gasteiger partial charge on any atom is -0.368 e. The molecule has 4 heteroatoms. The summed E-state index contributed by atoms with van der Waals surface area (Å²) in [6.45, 7) is 13.1. The molecule has 1 saturated heterocycles. The molecule has 1 aliphatic rings. The van der Waals surface area contributed by atoms with Crippen LogP contribution in [-0.4, -0.2) is 35.7 Å². The van der Waals surface area contributed by atoms with Gasteiger partial charge in [-0.15, -0.1) is 0 Å². The molecule has 1 atom stereocenters. The van der Waals surface area contributed by atoms with Crippen molar-refractivity contribution in [3.05, 3.63) is 0 Å². The lowest BCUT2D eigenvalue weighted by Crippen LogP contribution is -2.44. The predicted octanol–water partition coefficient (Wildman–Crippen LogP) is 1.84. The molecule has 1 fully saturated rings. The van der Waals surface area contributed by atoms with Gasteiger partial charge in [0.25, 0.3) is 0 Å². The summed E-state index contributed by atoms with van der Waals surface area (Å²) >= 11 is 0. The first-order valence-corrected chi connectivity index (χ1v) is 6.85. The zero-order valence-electron chi connectivity index (χ0n) is 12.6. The highest BCUT2D eigenvalue weighted by Crippen LogP contribution is 2.37. The van der Waals surface area contributed by atoms with E-state index in [2.05, 4.69) is 38.3 Å². The molecule has 0 saturated carbocycles. The van der Waals surface area contributed by atoms with Gasteiger partial charge in [0.1, 0.15) is 0 Å². The van der Waals surface area contributed by atoms with Gasteiger partial charge in [-0.2, -0.15) is 0 Å². The maximum atomic E-state index is 11.5. The van der Waals surface area contributed by atoms with E-state index in [4.69, 9.17) is 4.74 Å². The Labute approximate surface area is 111 Å². The van der Waals surface area contributed by atoms with E-state index in [-0.39, 0.29) is 23.2 Å². The van der Waals surface area contributed by atoms with Gasteiger partial charge in [0, 0.05) is 25.0 Å². The second-order valence-electron chi connectivity index (χ2n) is 6.65. The Morgan fingerprint density at radius 1 is 1.33 bits per heavy atom. The van der Waals surface area contributed by atoms with E-state index < -0.39 is 0 Å². The molecule has 1 heterocycles. The number of hydrogen-bond acceptors (Lipinski definition) is 3. The Morgan fingerprint density at radius 2 is 1.94 bits per heavy atom. The molecule has 0 radical (unpaired) electrons. The van der Waals surface area contributed by atoms with E-state index in [0.29, 0.717) is 19.0 Å². The van der Waals surface area contributed by atoms with Crippen LogP contribution < -0.4 is 10.6 Å². The number of hydrogen-bond donors (Lipinski definition) is 2. The lowest BCUT2D eigenvalue weighted by molar-refractivity contribution is -0.121. The second kappa shape index (κ2) is 5.57. The van der Waals surface area contributed by atoms with Crippen LogP contribution in [0.1, 0.15) is 54.4 Å². The Morgan fingerprint density at radius 3 is 2.39 bits per heavy atom. The first-order chi connectivity index (χ1) is 8.12. The minimum absolute atomic E-state index is 0.0820. The standard InChI is InChI=1S/C14H28N2O2/c1-10(2)16-12(17)7-8-15-11-9-13(3,4)18-14(11,5)6/h10-11,15H,7-9H2,1-6H3,(H,16,17). The van der Waals surface area contributed by atoms with Crippen molar-refractivity contribution < 1.29 is 9.53 Å². The summed E-state index contributed by atoms with van der Waals surface area (Å²) in [6, 6.07) is 0.516. The molecule has 2 N–H and O–H groups in total. The number of carbonyl (C=O) groups is 1. The number of amides is 1. The van der Waals surface area contributed by atoms with Crippen LogP contribution in [0.2, 0.25) is 0 Å². The molecule has 0 aromatic carbocycles. The molecule has 1 aliphatic heterocycles. The van der Waals surface area contributed by atoms with Crippen molar-refractivity contribution in [1.82, 2.24) is 10.6 Å². The van der Waals surface area contributed by atoms with Gasteiger partial charge in [-0.1, -0.05) is 0 Å². The van der Waals surface area contributed by atoms with Crippen LogP contribution in [0.5, 0.6) is 0 Å². The van der Waals surface area contributed by atoms with Gasteiger partial charge in [-0.05, 0) is 48.0 Å². The van der Waals surface area contributed by atoms with Crippen LogP contribution in [0, 0.1) is 0 Å². The smallest absolute Gasteiger partial charge is 0.221 e. The third-order valence-electron chi connectivity index (χ3n) is 3.27. The molecule has 0 bridgehead atoms. The molecular formula is C14H28N2O2. The van der Waals surface area contributed by atoms with Gasteiger partial charge in [-0.25, -0.2) is 0 Å². The van der Waals surface area contributed by atoms with Crippen LogP contribution in [0.25, 0.3) is 0 Å². The highest BCUT2D eigenvalue weighted by molar-refractivity contribution is 5.76. The highest BCUT2D eigenvalue weighted by atomic mass is 16.5. The SMILES string of the molecule is CC(C)NC(=O)CCNC1CC(C)(C)OC1(C)C. The lowest BCUT2D eigenvalue weighted by atomic mass is 9.94. The fourth-order valence-electron chi connectivity index (χ4n) is 2.63. The molecule has 1 rings (SSSR count). The number of nitrogens with one attached hydrogen (secondary N) is 2. The molecule has 18 heavy (non-hydrogen) atoms. The van der Waals surface area contributed by atoms with Crippen molar-refractivity contribution in [1.29, 1.82) is 0 Å². The fourth-order valence-corrected chi connectivity index (χ4v) is 2.63. The van der Waals surface area contributed by atoms with Crippen LogP contribution >= 0.6 is 0 Å². The quantitative estimate of drug-likeness (QED) is 0.789. The predicted molar refractivity (Wildman–Crippen MR) is 73.5 cm³/mol. The van der Waals surface area contributed by atoms with Crippen LogP contribution in [0.3, 0.4) is 0 Å². The molecule has 0 aromatic heterocycles. The zero-order chi connectivity index (χ0) is 14.0. The van der Waals surface area contributed by atoms with Crippen LogP contribution in [0.15, 0.2) is 0 Å². The molecule has 0 aliphatic carbocycles. The lowest BCUT2D eigenvalue weighted by Gasteiger charge is -2.27. The van der Waals surface area contributed by atoms with E-state index in [9.17, 15) is 4.79 Å². The van der Waals surface area contributed by atoms with Gasteiger partial charge in [-0.3, -0.25) is 4.79 Å². The fraction of sp³-hybridized carbons (Fsp3) is 0.929. The van der Waals surface area contributed by atoms with Crippen molar-refractivity contribution in [2.45, 2.75) is 77.7 Å². The van der Waals surface area contributed by atoms with Crippen molar-refractivity contribution >= 4 is 5.91 Å². The van der Waals surface area contributed by atoms with Gasteiger partial charge in [0.2, 0.25) is 5.91 Å². The van der Waals surface area contributed by atoms with Gasteiger partial charge >= 0.3 is 0 Å². The number of rotatable bonds is 5. The topological polar surface area (TPSA) is 50.4 Å². The Kier molecular flexibility index (Phi) is 4.78. The monoisotopic (exact) mass is 256 g/mol. The minimum atomic E-state index is -0.169. The van der Waals surface area contributed by atoms with Crippen molar-refractivity contribution in [3.8, 4) is 0 Å². The Hall–Kier alpha value is -0.610. The first-order valence-electron chi connectivity index (χ1n) is 6.85. The summed E-state index contributed by atoms with van der Waals surface area (Å²) in [6.07, 6.45) is 1.50. The highest BCUT2D eigenvalue weighted by Gasteiger charge is 2.45. The third kappa shape index (κ3) is 4.58. The molecule has 1 unspecified atom stereocenters. The number of carbonyl (C=O) groups excluding carboxylic acids is 1. The normalized spacial score (nSPS) is 25.4. The summed E-state index contributed by atoms with van der Waals surface area (Å²) in [5.41, 5.74) is -0.251. The first kappa shape index (κ1) is 15.4. The zero-order valence-corrected chi connectivity index (χ0v) is 12.6. The largest absolute Gasteiger partial charge is 0.368 e. The van der Waals surface area contributed by atoms with Crippen LogP contribution in [-0.2, 0) is 9.53 Å². The van der Waals surface area contributed by atoms with E-state index >= 15 is 0 Å². The van der Waals surface area contributed by atoms with E-state index in [1.165, 1.54) is 0 Å². The summed E-state index contributed by atoms with van der Waals surface area (Å²) in [7, 11) is 0. The van der Waals surface area contributed by atoms with Gasteiger partial charge in [0.05, 0.1) is 11.2 Å². The summed E-state index contributed by atoms with van der Waals surface area (Å²) in [4.78, 5) is 11.5. The maximum absolute atomic E-state index is 11.5. The average Bonchev–Trinajstić information content (AvgIpc) is 2.32. The van der Waals surface area contributed by atoms with Crippen molar-refractivity contribution in [2.75, 3.05) is 6.54 Å². The Balaban J connectivity index is 2.34. The van der Waals surface area contributed by atoms with E-state index in [0.717, 1.165) is 6.42 Å². The van der Waals surface area contributed by atoms with Crippen molar-refractivity contribution in [2.24, 2.45) is 0 Å². The van der Waals surface area contributed by atoms with Gasteiger partial charge < -0.3 is 15.4 Å². The molecular weight excluding hydrogens is 228 g/mol. The Bertz CT molecular complexity index is 298. The third-order valence-corrected chi connectivity index (χ3v) is 3.27. The van der Waals surface area contributed by atoms with Gasteiger partial charge in [0.15, 0.2) is 0 Å². The van der Waals surface area contributed by atoms with Crippen LogP contribution in [0.4, 0.5) is 0 Å². The summed E-state index contributed by atoms with van der Waals surface area (Å²) in [5, 5.41) is 6.34. The average molecular weight is 256 g/mol. The number of ether oxygens (including phenoxy) is 1. The van der Waals surface area contributed by atoms with E-state index in [1.54, 1.807) is 0 Å². The van der Waals surface area contributed by atoms with E-state index in [1.807, 2.05) is 13.8 Å². The molecule has 1 amide bonds. The maximum Gasteiger partial charge on any atom is 0.221 e. The second-order valence-corrected chi connectivity index (χ2v) is 6.65. The molecule has 106 valence electrons.